The summed E-state index contributed by atoms with van der Waals surface area (Å²) in [5.74, 6) is -0.362. The fourth-order valence-electron chi connectivity index (χ4n) is 1.70. The summed E-state index contributed by atoms with van der Waals surface area (Å²) in [5.41, 5.74) is 0.308. The molecule has 6 heteroatoms. The van der Waals surface area contributed by atoms with Crippen molar-refractivity contribution >= 4 is 11.8 Å². The van der Waals surface area contributed by atoms with E-state index < -0.39 is 0 Å². The Labute approximate surface area is 105 Å². The molecule has 94 valence electrons. The SMILES string of the molecule is C=CCNC(=O)C1CN(C(=O)c2cnccn2)C1. The number of nitrogens with one attached hydrogen (secondary N) is 1. The van der Waals surface area contributed by atoms with Gasteiger partial charge in [0.05, 0.1) is 12.1 Å². The Kier molecular flexibility index (Phi) is 3.66. The average molecular weight is 246 g/mol. The van der Waals surface area contributed by atoms with Crippen molar-refractivity contribution in [3.8, 4) is 0 Å². The van der Waals surface area contributed by atoms with Crippen LogP contribution in [0.1, 0.15) is 10.5 Å². The van der Waals surface area contributed by atoms with Crippen LogP contribution >= 0.6 is 0 Å². The summed E-state index contributed by atoms with van der Waals surface area (Å²) < 4.78 is 0. The second kappa shape index (κ2) is 5.39. The lowest BCUT2D eigenvalue weighted by molar-refractivity contribution is -0.128. The summed E-state index contributed by atoms with van der Waals surface area (Å²) in [6.45, 7) is 4.83. The van der Waals surface area contributed by atoms with E-state index in [0.717, 1.165) is 0 Å². The highest BCUT2D eigenvalue weighted by atomic mass is 16.2. The van der Waals surface area contributed by atoms with Gasteiger partial charge in [0.2, 0.25) is 5.91 Å². The molecule has 0 aliphatic carbocycles. The van der Waals surface area contributed by atoms with Crippen LogP contribution < -0.4 is 5.32 Å². The van der Waals surface area contributed by atoms with Crippen LogP contribution in [0.2, 0.25) is 0 Å². The quantitative estimate of drug-likeness (QED) is 0.750. The predicted octanol–water partition coefficient (Wildman–Crippen LogP) is -0.149. The fraction of sp³-hybridized carbons (Fsp3) is 0.333. The van der Waals surface area contributed by atoms with Gasteiger partial charge in [-0.05, 0) is 0 Å². The second-order valence-electron chi connectivity index (χ2n) is 4.03. The molecule has 0 aromatic carbocycles. The Morgan fingerprint density at radius 1 is 1.50 bits per heavy atom. The number of nitrogens with zero attached hydrogens (tertiary/aromatic N) is 3. The van der Waals surface area contributed by atoms with Gasteiger partial charge < -0.3 is 10.2 Å². The molecule has 0 bridgehead atoms. The van der Waals surface area contributed by atoms with Crippen molar-refractivity contribution in [2.24, 2.45) is 5.92 Å². The molecule has 1 aromatic heterocycles. The number of likely N-dealkylation sites (tertiary alicyclic amines) is 1. The van der Waals surface area contributed by atoms with Gasteiger partial charge in [0, 0.05) is 32.0 Å². The number of aromatic nitrogens is 2. The molecule has 0 unspecified atom stereocenters. The zero-order valence-electron chi connectivity index (χ0n) is 9.87. The van der Waals surface area contributed by atoms with E-state index in [4.69, 9.17) is 0 Å². The molecule has 0 spiro atoms. The third kappa shape index (κ3) is 2.53. The minimum absolute atomic E-state index is 0.0434. The van der Waals surface area contributed by atoms with Crippen LogP contribution in [0.5, 0.6) is 0 Å². The molecular formula is C12H14N4O2. The van der Waals surface area contributed by atoms with Gasteiger partial charge in [-0.3, -0.25) is 14.6 Å². The van der Waals surface area contributed by atoms with Gasteiger partial charge in [-0.1, -0.05) is 6.08 Å². The molecule has 2 amide bonds. The number of hydrogen-bond donors (Lipinski definition) is 1. The Balaban J connectivity index is 1.84. The lowest BCUT2D eigenvalue weighted by Gasteiger charge is -2.37. The number of amides is 2. The first-order valence-corrected chi connectivity index (χ1v) is 5.66. The molecule has 1 aromatic rings. The van der Waals surface area contributed by atoms with E-state index in [0.29, 0.717) is 25.3 Å². The van der Waals surface area contributed by atoms with Crippen LogP contribution in [0.3, 0.4) is 0 Å². The normalized spacial score (nSPS) is 14.8. The molecule has 1 aliphatic heterocycles. The molecule has 6 nitrogen and oxygen atoms in total. The number of carbonyl (C=O) groups is 2. The number of hydrogen-bond acceptors (Lipinski definition) is 4. The monoisotopic (exact) mass is 246 g/mol. The van der Waals surface area contributed by atoms with Gasteiger partial charge in [0.15, 0.2) is 0 Å². The minimum atomic E-state index is -0.184. The van der Waals surface area contributed by atoms with E-state index in [2.05, 4.69) is 21.9 Å². The van der Waals surface area contributed by atoms with Crippen molar-refractivity contribution in [3.05, 3.63) is 36.9 Å². The molecular weight excluding hydrogens is 232 g/mol. The van der Waals surface area contributed by atoms with Crippen molar-refractivity contribution in [2.45, 2.75) is 0 Å². The topological polar surface area (TPSA) is 75.2 Å². The summed E-state index contributed by atoms with van der Waals surface area (Å²) in [6.07, 6.45) is 6.03. The summed E-state index contributed by atoms with van der Waals surface area (Å²) in [5, 5.41) is 2.71. The van der Waals surface area contributed by atoms with Crippen molar-refractivity contribution in [1.29, 1.82) is 0 Å². The zero-order valence-corrected chi connectivity index (χ0v) is 9.87. The van der Waals surface area contributed by atoms with Crippen LogP contribution in [0.25, 0.3) is 0 Å². The maximum atomic E-state index is 11.9. The molecule has 1 saturated heterocycles. The molecule has 0 saturated carbocycles. The molecule has 18 heavy (non-hydrogen) atoms. The average Bonchev–Trinajstić information content (AvgIpc) is 2.35. The van der Waals surface area contributed by atoms with Crippen LogP contribution in [0.4, 0.5) is 0 Å². The molecule has 1 fully saturated rings. The van der Waals surface area contributed by atoms with Gasteiger partial charge in [-0.25, -0.2) is 4.98 Å². The Hall–Kier alpha value is -2.24. The molecule has 1 N–H and O–H groups in total. The number of carbonyl (C=O) groups excluding carboxylic acids is 2. The summed E-state index contributed by atoms with van der Waals surface area (Å²) in [4.78, 5) is 32.8. The third-order valence-electron chi connectivity index (χ3n) is 2.74. The smallest absolute Gasteiger partial charge is 0.274 e. The largest absolute Gasteiger partial charge is 0.352 e. The first-order chi connectivity index (χ1) is 8.72. The maximum Gasteiger partial charge on any atom is 0.274 e. The van der Waals surface area contributed by atoms with E-state index in [1.807, 2.05) is 0 Å². The standard InChI is InChI=1S/C12H14N4O2/c1-2-3-15-11(17)9-7-16(8-9)12(18)10-6-13-4-5-14-10/h2,4-6,9H,1,3,7-8H2,(H,15,17). The Morgan fingerprint density at radius 2 is 2.28 bits per heavy atom. The Morgan fingerprint density at radius 3 is 2.89 bits per heavy atom. The van der Waals surface area contributed by atoms with Gasteiger partial charge in [-0.15, -0.1) is 6.58 Å². The highest BCUT2D eigenvalue weighted by Gasteiger charge is 2.36. The van der Waals surface area contributed by atoms with Gasteiger partial charge >= 0.3 is 0 Å². The van der Waals surface area contributed by atoms with Crippen LogP contribution in [0.15, 0.2) is 31.2 Å². The second-order valence-corrected chi connectivity index (χ2v) is 4.03. The third-order valence-corrected chi connectivity index (χ3v) is 2.74. The van der Waals surface area contributed by atoms with E-state index in [-0.39, 0.29) is 17.7 Å². The lowest BCUT2D eigenvalue weighted by Crippen LogP contribution is -2.55. The predicted molar refractivity (Wildman–Crippen MR) is 64.6 cm³/mol. The minimum Gasteiger partial charge on any atom is -0.352 e. The van der Waals surface area contributed by atoms with Crippen molar-refractivity contribution in [1.82, 2.24) is 20.2 Å². The van der Waals surface area contributed by atoms with E-state index in [9.17, 15) is 9.59 Å². The van der Waals surface area contributed by atoms with Crippen molar-refractivity contribution < 1.29 is 9.59 Å². The van der Waals surface area contributed by atoms with E-state index in [1.54, 1.807) is 11.0 Å². The number of rotatable bonds is 4. The van der Waals surface area contributed by atoms with Gasteiger partial charge in [0.25, 0.3) is 5.91 Å². The van der Waals surface area contributed by atoms with Crippen LogP contribution in [-0.4, -0.2) is 46.3 Å². The summed E-state index contributed by atoms with van der Waals surface area (Å²) >= 11 is 0. The summed E-state index contributed by atoms with van der Waals surface area (Å²) in [6, 6.07) is 0. The first kappa shape index (κ1) is 12.2. The fourth-order valence-corrected chi connectivity index (χ4v) is 1.70. The van der Waals surface area contributed by atoms with Crippen LogP contribution in [0, 0.1) is 5.92 Å². The van der Waals surface area contributed by atoms with E-state index in [1.165, 1.54) is 18.6 Å². The van der Waals surface area contributed by atoms with Crippen molar-refractivity contribution in [3.63, 3.8) is 0 Å². The summed E-state index contributed by atoms with van der Waals surface area (Å²) in [7, 11) is 0. The highest BCUT2D eigenvalue weighted by molar-refractivity contribution is 5.94. The van der Waals surface area contributed by atoms with Gasteiger partial charge in [-0.2, -0.15) is 0 Å². The molecule has 2 rings (SSSR count). The molecule has 2 heterocycles. The van der Waals surface area contributed by atoms with Crippen LogP contribution in [-0.2, 0) is 4.79 Å². The maximum absolute atomic E-state index is 11.9. The molecule has 0 atom stereocenters. The zero-order chi connectivity index (χ0) is 13.0. The molecule has 0 radical (unpaired) electrons. The van der Waals surface area contributed by atoms with E-state index >= 15 is 0 Å². The Bertz CT molecular complexity index is 454. The molecule has 1 aliphatic rings. The first-order valence-electron chi connectivity index (χ1n) is 5.66. The van der Waals surface area contributed by atoms with Gasteiger partial charge in [0.1, 0.15) is 5.69 Å². The highest BCUT2D eigenvalue weighted by Crippen LogP contribution is 2.17. The lowest BCUT2D eigenvalue weighted by atomic mass is 9.98. The van der Waals surface area contributed by atoms with Crippen molar-refractivity contribution in [2.75, 3.05) is 19.6 Å².